The summed E-state index contributed by atoms with van der Waals surface area (Å²) in [6, 6.07) is 20.2. The molecular formula is C23H29NO. The molecule has 1 aliphatic heterocycles. The average Bonchev–Trinajstić information content (AvgIpc) is 2.63. The molecule has 0 radical (unpaired) electrons. The lowest BCUT2D eigenvalue weighted by molar-refractivity contribution is 0.0249. The van der Waals surface area contributed by atoms with Gasteiger partial charge in [-0.25, -0.2) is 0 Å². The molecule has 0 aromatic heterocycles. The number of piperidine rings is 1. The first-order valence-electron chi connectivity index (χ1n) is 9.75. The van der Waals surface area contributed by atoms with Crippen molar-refractivity contribution in [3.63, 3.8) is 0 Å². The molecule has 3 atom stereocenters. The number of hydrogen-bond acceptors (Lipinski definition) is 2. The summed E-state index contributed by atoms with van der Waals surface area (Å²) in [6.07, 6.45) is 7.49. The highest BCUT2D eigenvalue weighted by molar-refractivity contribution is 5.34. The van der Waals surface area contributed by atoms with Gasteiger partial charge in [-0.2, -0.15) is 0 Å². The molecule has 0 amide bonds. The lowest BCUT2D eigenvalue weighted by atomic mass is 9.63. The zero-order chi connectivity index (χ0) is 17.3. The Bertz CT molecular complexity index is 713. The van der Waals surface area contributed by atoms with E-state index in [-0.39, 0.29) is 5.41 Å². The summed E-state index contributed by atoms with van der Waals surface area (Å²) in [4.78, 5) is 2.76. The maximum atomic E-state index is 9.93. The van der Waals surface area contributed by atoms with E-state index in [1.807, 2.05) is 12.1 Å². The van der Waals surface area contributed by atoms with Gasteiger partial charge in [-0.15, -0.1) is 0 Å². The number of hydrogen-bond donors (Lipinski definition) is 1. The predicted molar refractivity (Wildman–Crippen MR) is 103 cm³/mol. The Balaban J connectivity index is 1.51. The second-order valence-corrected chi connectivity index (χ2v) is 8.11. The van der Waals surface area contributed by atoms with Gasteiger partial charge in [-0.1, -0.05) is 48.9 Å². The van der Waals surface area contributed by atoms with E-state index in [1.165, 1.54) is 49.8 Å². The van der Waals surface area contributed by atoms with Crippen LogP contribution in [0, 0.1) is 0 Å². The van der Waals surface area contributed by atoms with Gasteiger partial charge in [-0.05, 0) is 74.2 Å². The zero-order valence-corrected chi connectivity index (χ0v) is 15.2. The predicted octanol–water partition coefficient (Wildman–Crippen LogP) is 4.91. The largest absolute Gasteiger partial charge is 0.508 e. The van der Waals surface area contributed by atoms with Gasteiger partial charge in [0.05, 0.1) is 0 Å². The molecule has 2 aromatic rings. The third-order valence-electron chi connectivity index (χ3n) is 6.54. The maximum Gasteiger partial charge on any atom is 0.115 e. The van der Waals surface area contributed by atoms with Gasteiger partial charge in [0.15, 0.2) is 0 Å². The Morgan fingerprint density at radius 1 is 1.12 bits per heavy atom. The molecule has 132 valence electrons. The number of phenolic OH excluding ortho intramolecular Hbond substituents is 1. The highest BCUT2D eigenvalue weighted by Gasteiger charge is 2.44. The number of likely N-dealkylation sites (tertiary alicyclic amines) is 1. The van der Waals surface area contributed by atoms with Crippen molar-refractivity contribution >= 4 is 0 Å². The van der Waals surface area contributed by atoms with Crippen LogP contribution < -0.4 is 0 Å². The van der Waals surface area contributed by atoms with Gasteiger partial charge >= 0.3 is 0 Å². The zero-order valence-electron chi connectivity index (χ0n) is 15.2. The number of benzene rings is 2. The van der Waals surface area contributed by atoms with Crippen molar-refractivity contribution in [2.75, 3.05) is 6.54 Å². The molecule has 2 unspecified atom stereocenters. The smallest absolute Gasteiger partial charge is 0.115 e. The van der Waals surface area contributed by atoms with Crippen LogP contribution in [-0.2, 0) is 11.8 Å². The average molecular weight is 335 g/mol. The summed E-state index contributed by atoms with van der Waals surface area (Å²) in [5.41, 5.74) is 3.08. The van der Waals surface area contributed by atoms with Crippen molar-refractivity contribution in [1.29, 1.82) is 0 Å². The SMILES string of the molecule is CC(Cc1ccccc1)N1CC[C@@]2(c3cccc(O)c3)CCCC1C2. The normalized spacial score (nSPS) is 27.8. The van der Waals surface area contributed by atoms with Crippen molar-refractivity contribution in [3.8, 4) is 5.75 Å². The Kier molecular flexibility index (Phi) is 4.56. The summed E-state index contributed by atoms with van der Waals surface area (Å²) >= 11 is 0. The molecule has 4 rings (SSSR count). The fourth-order valence-electron chi connectivity index (χ4n) is 5.26. The molecule has 2 fully saturated rings. The summed E-state index contributed by atoms with van der Waals surface area (Å²) in [5.74, 6) is 0.411. The lowest BCUT2D eigenvalue weighted by Gasteiger charge is -2.52. The van der Waals surface area contributed by atoms with E-state index in [0.29, 0.717) is 17.8 Å². The van der Waals surface area contributed by atoms with Crippen LogP contribution in [0.4, 0.5) is 0 Å². The summed E-state index contributed by atoms with van der Waals surface area (Å²) in [5, 5.41) is 9.93. The van der Waals surface area contributed by atoms with E-state index in [0.717, 1.165) is 6.42 Å². The van der Waals surface area contributed by atoms with Gasteiger partial charge in [-0.3, -0.25) is 4.90 Å². The second kappa shape index (κ2) is 6.84. The number of rotatable bonds is 4. The molecular weight excluding hydrogens is 306 g/mol. The van der Waals surface area contributed by atoms with Gasteiger partial charge in [0.25, 0.3) is 0 Å². The molecule has 2 bridgehead atoms. The fourth-order valence-corrected chi connectivity index (χ4v) is 5.26. The van der Waals surface area contributed by atoms with Crippen molar-refractivity contribution in [2.24, 2.45) is 0 Å². The standard InChI is InChI=1S/C23H29NO/c1-18(15-19-7-3-2-4-8-19)24-14-13-23(12-6-10-21(24)17-23)20-9-5-11-22(25)16-20/h2-5,7-9,11,16,18,21,25H,6,10,12-15,17H2,1H3/t18?,21?,23-/m0/s1. The summed E-state index contributed by atoms with van der Waals surface area (Å²) < 4.78 is 0. The van der Waals surface area contributed by atoms with E-state index < -0.39 is 0 Å². The van der Waals surface area contributed by atoms with E-state index in [2.05, 4.69) is 48.2 Å². The van der Waals surface area contributed by atoms with Crippen LogP contribution in [0.3, 0.4) is 0 Å². The van der Waals surface area contributed by atoms with Crippen LogP contribution >= 0.6 is 0 Å². The Hall–Kier alpha value is -1.80. The van der Waals surface area contributed by atoms with Crippen molar-refractivity contribution < 1.29 is 5.11 Å². The summed E-state index contributed by atoms with van der Waals surface area (Å²) in [6.45, 7) is 3.57. The molecule has 2 heteroatoms. The fraction of sp³-hybridized carbons (Fsp3) is 0.478. The first-order chi connectivity index (χ1) is 12.2. The highest BCUT2D eigenvalue weighted by Crippen LogP contribution is 2.48. The first kappa shape index (κ1) is 16.7. The number of phenols is 1. The molecule has 2 aliphatic rings. The van der Waals surface area contributed by atoms with Gasteiger partial charge in [0, 0.05) is 12.1 Å². The molecule has 25 heavy (non-hydrogen) atoms. The number of fused-ring (bicyclic) bond motifs is 2. The second-order valence-electron chi connectivity index (χ2n) is 8.11. The number of aromatic hydroxyl groups is 1. The molecule has 0 spiro atoms. The molecule has 1 aliphatic carbocycles. The minimum Gasteiger partial charge on any atom is -0.508 e. The van der Waals surface area contributed by atoms with E-state index in [4.69, 9.17) is 0 Å². The Morgan fingerprint density at radius 3 is 2.76 bits per heavy atom. The van der Waals surface area contributed by atoms with Gasteiger partial charge in [0.1, 0.15) is 5.75 Å². The highest BCUT2D eigenvalue weighted by atomic mass is 16.3. The van der Waals surface area contributed by atoms with E-state index >= 15 is 0 Å². The molecule has 1 saturated carbocycles. The molecule has 1 saturated heterocycles. The van der Waals surface area contributed by atoms with Crippen LogP contribution in [0.25, 0.3) is 0 Å². The van der Waals surface area contributed by atoms with Crippen LogP contribution in [-0.4, -0.2) is 28.6 Å². The van der Waals surface area contributed by atoms with Crippen LogP contribution in [0.2, 0.25) is 0 Å². The minimum atomic E-state index is 0.282. The maximum absolute atomic E-state index is 9.93. The first-order valence-corrected chi connectivity index (χ1v) is 9.75. The molecule has 2 nitrogen and oxygen atoms in total. The Labute approximate surface area is 151 Å². The van der Waals surface area contributed by atoms with E-state index in [9.17, 15) is 5.11 Å². The van der Waals surface area contributed by atoms with Gasteiger partial charge < -0.3 is 5.11 Å². The third kappa shape index (κ3) is 3.32. The molecule has 2 aromatic carbocycles. The van der Waals surface area contributed by atoms with Crippen molar-refractivity contribution in [2.45, 2.75) is 62.9 Å². The monoisotopic (exact) mass is 335 g/mol. The molecule has 1 N–H and O–H groups in total. The lowest BCUT2D eigenvalue weighted by Crippen LogP contribution is -2.54. The van der Waals surface area contributed by atoms with Crippen molar-refractivity contribution in [1.82, 2.24) is 4.90 Å². The minimum absolute atomic E-state index is 0.282. The quantitative estimate of drug-likeness (QED) is 0.858. The van der Waals surface area contributed by atoms with Crippen molar-refractivity contribution in [3.05, 3.63) is 65.7 Å². The third-order valence-corrected chi connectivity index (χ3v) is 6.54. The number of nitrogens with zero attached hydrogens (tertiary/aromatic N) is 1. The molecule has 1 heterocycles. The van der Waals surface area contributed by atoms with E-state index in [1.54, 1.807) is 6.07 Å². The topological polar surface area (TPSA) is 23.5 Å². The van der Waals surface area contributed by atoms with Crippen LogP contribution in [0.15, 0.2) is 54.6 Å². The Morgan fingerprint density at radius 2 is 1.96 bits per heavy atom. The summed E-state index contributed by atoms with van der Waals surface area (Å²) in [7, 11) is 0. The van der Waals surface area contributed by atoms with Crippen LogP contribution in [0.1, 0.15) is 50.2 Å². The van der Waals surface area contributed by atoms with Gasteiger partial charge in [0.2, 0.25) is 0 Å². The van der Waals surface area contributed by atoms with Crippen LogP contribution in [0.5, 0.6) is 5.75 Å².